The summed E-state index contributed by atoms with van der Waals surface area (Å²) in [5, 5.41) is 11.6. The standard InChI is InChI=1S/C15H18BrNOS/c1-10-11(2)19-14(17-10)9-15(3,18)8-12-4-6-13(16)7-5-12/h4-7,18H,8-9H2,1-3H3. The molecule has 0 aliphatic rings. The van der Waals surface area contributed by atoms with Gasteiger partial charge >= 0.3 is 0 Å². The van der Waals surface area contributed by atoms with Crippen molar-refractivity contribution in [2.75, 3.05) is 0 Å². The third-order valence-electron chi connectivity index (χ3n) is 3.10. The van der Waals surface area contributed by atoms with E-state index in [0.717, 1.165) is 20.7 Å². The predicted octanol–water partition coefficient (Wildman–Crippen LogP) is 4.06. The van der Waals surface area contributed by atoms with Crippen molar-refractivity contribution >= 4 is 27.3 Å². The predicted molar refractivity (Wildman–Crippen MR) is 83.8 cm³/mol. The third-order valence-corrected chi connectivity index (χ3v) is 4.70. The monoisotopic (exact) mass is 339 g/mol. The van der Waals surface area contributed by atoms with Crippen LogP contribution in [0.3, 0.4) is 0 Å². The minimum atomic E-state index is -0.759. The molecule has 0 saturated heterocycles. The molecule has 0 spiro atoms. The highest BCUT2D eigenvalue weighted by Gasteiger charge is 2.23. The van der Waals surface area contributed by atoms with Crippen LogP contribution in [0.2, 0.25) is 0 Å². The summed E-state index contributed by atoms with van der Waals surface area (Å²) in [6.45, 7) is 5.96. The van der Waals surface area contributed by atoms with Crippen molar-refractivity contribution in [3.8, 4) is 0 Å². The minimum Gasteiger partial charge on any atom is -0.389 e. The molecule has 1 N–H and O–H groups in total. The zero-order valence-corrected chi connectivity index (χ0v) is 13.8. The highest BCUT2D eigenvalue weighted by molar-refractivity contribution is 9.10. The first-order chi connectivity index (χ1) is 8.85. The summed E-state index contributed by atoms with van der Waals surface area (Å²) in [4.78, 5) is 5.73. The van der Waals surface area contributed by atoms with E-state index in [1.807, 2.05) is 38.1 Å². The SMILES string of the molecule is Cc1nc(CC(C)(O)Cc2ccc(Br)cc2)sc1C. The lowest BCUT2D eigenvalue weighted by Crippen LogP contribution is -2.30. The van der Waals surface area contributed by atoms with E-state index >= 15 is 0 Å². The fourth-order valence-electron chi connectivity index (χ4n) is 2.05. The van der Waals surface area contributed by atoms with Crippen molar-refractivity contribution < 1.29 is 5.11 Å². The number of hydrogen-bond donors (Lipinski definition) is 1. The molecule has 0 aliphatic heterocycles. The van der Waals surface area contributed by atoms with Gasteiger partial charge in [0.2, 0.25) is 0 Å². The fourth-order valence-corrected chi connectivity index (χ4v) is 3.42. The lowest BCUT2D eigenvalue weighted by atomic mass is 9.93. The minimum absolute atomic E-state index is 0.600. The molecule has 0 aliphatic carbocycles. The van der Waals surface area contributed by atoms with Crippen molar-refractivity contribution in [1.29, 1.82) is 0 Å². The van der Waals surface area contributed by atoms with Gasteiger partial charge in [-0.25, -0.2) is 4.98 Å². The maximum absolute atomic E-state index is 10.5. The van der Waals surface area contributed by atoms with Gasteiger partial charge in [-0.15, -0.1) is 11.3 Å². The molecule has 2 nitrogen and oxygen atoms in total. The average molecular weight is 340 g/mol. The van der Waals surface area contributed by atoms with Gasteiger partial charge in [-0.05, 0) is 38.5 Å². The van der Waals surface area contributed by atoms with E-state index in [9.17, 15) is 5.11 Å². The van der Waals surface area contributed by atoms with Gasteiger partial charge < -0.3 is 5.11 Å². The molecule has 0 saturated carbocycles. The average Bonchev–Trinajstić information content (AvgIpc) is 2.60. The van der Waals surface area contributed by atoms with E-state index in [1.54, 1.807) is 11.3 Å². The molecular weight excluding hydrogens is 322 g/mol. The van der Waals surface area contributed by atoms with Crippen LogP contribution in [-0.2, 0) is 12.8 Å². The van der Waals surface area contributed by atoms with Crippen LogP contribution < -0.4 is 0 Å². The molecule has 0 amide bonds. The number of benzene rings is 1. The summed E-state index contributed by atoms with van der Waals surface area (Å²) in [5.74, 6) is 0. The van der Waals surface area contributed by atoms with Gasteiger partial charge in [0.1, 0.15) is 0 Å². The number of aliphatic hydroxyl groups is 1. The maximum atomic E-state index is 10.5. The summed E-state index contributed by atoms with van der Waals surface area (Å²) >= 11 is 5.09. The number of nitrogens with zero attached hydrogens (tertiary/aromatic N) is 1. The van der Waals surface area contributed by atoms with Gasteiger partial charge in [0.15, 0.2) is 0 Å². The van der Waals surface area contributed by atoms with Gasteiger partial charge in [0, 0.05) is 22.2 Å². The van der Waals surface area contributed by atoms with Crippen molar-refractivity contribution in [3.63, 3.8) is 0 Å². The highest BCUT2D eigenvalue weighted by atomic mass is 79.9. The number of aromatic nitrogens is 1. The Morgan fingerprint density at radius 3 is 2.37 bits per heavy atom. The molecule has 0 bridgehead atoms. The summed E-state index contributed by atoms with van der Waals surface area (Å²) in [5.41, 5.74) is 1.45. The molecule has 1 aromatic heterocycles. The molecule has 2 rings (SSSR count). The zero-order chi connectivity index (χ0) is 14.0. The van der Waals surface area contributed by atoms with Crippen molar-refractivity contribution in [2.45, 2.75) is 39.2 Å². The van der Waals surface area contributed by atoms with Crippen molar-refractivity contribution in [3.05, 3.63) is 49.9 Å². The van der Waals surface area contributed by atoms with E-state index in [0.29, 0.717) is 12.8 Å². The fraction of sp³-hybridized carbons (Fsp3) is 0.400. The lowest BCUT2D eigenvalue weighted by molar-refractivity contribution is 0.0607. The second-order valence-corrected chi connectivity index (χ2v) is 7.43. The highest BCUT2D eigenvalue weighted by Crippen LogP contribution is 2.24. The van der Waals surface area contributed by atoms with Crippen LogP contribution in [0, 0.1) is 13.8 Å². The van der Waals surface area contributed by atoms with Crippen LogP contribution in [-0.4, -0.2) is 15.7 Å². The molecule has 1 unspecified atom stereocenters. The van der Waals surface area contributed by atoms with Crippen LogP contribution >= 0.6 is 27.3 Å². The maximum Gasteiger partial charge on any atom is 0.0959 e. The van der Waals surface area contributed by atoms with Crippen LogP contribution in [0.15, 0.2) is 28.7 Å². The van der Waals surface area contributed by atoms with Crippen molar-refractivity contribution in [2.24, 2.45) is 0 Å². The number of rotatable bonds is 4. The third kappa shape index (κ3) is 4.13. The Morgan fingerprint density at radius 1 is 1.21 bits per heavy atom. The van der Waals surface area contributed by atoms with Gasteiger partial charge in [-0.3, -0.25) is 0 Å². The molecule has 0 radical (unpaired) electrons. The van der Waals surface area contributed by atoms with E-state index < -0.39 is 5.60 Å². The number of aryl methyl sites for hydroxylation is 2. The molecule has 1 heterocycles. The molecule has 1 atom stereocenters. The van der Waals surface area contributed by atoms with Gasteiger partial charge in [0.05, 0.1) is 16.3 Å². The Labute approximate surface area is 126 Å². The van der Waals surface area contributed by atoms with E-state index in [-0.39, 0.29) is 0 Å². The van der Waals surface area contributed by atoms with Gasteiger partial charge in [-0.2, -0.15) is 0 Å². The summed E-state index contributed by atoms with van der Waals surface area (Å²) in [7, 11) is 0. The number of hydrogen-bond acceptors (Lipinski definition) is 3. The molecule has 4 heteroatoms. The summed E-state index contributed by atoms with van der Waals surface area (Å²) in [6.07, 6.45) is 1.24. The van der Waals surface area contributed by atoms with Crippen LogP contribution in [0.5, 0.6) is 0 Å². The lowest BCUT2D eigenvalue weighted by Gasteiger charge is -2.22. The Hall–Kier alpha value is -0.710. The topological polar surface area (TPSA) is 33.1 Å². The molecular formula is C15H18BrNOS. The molecule has 1 aromatic carbocycles. The molecule has 0 fully saturated rings. The largest absolute Gasteiger partial charge is 0.389 e. The van der Waals surface area contributed by atoms with E-state index in [4.69, 9.17) is 0 Å². The Kier molecular flexibility index (Phi) is 4.43. The van der Waals surface area contributed by atoms with Crippen LogP contribution in [0.1, 0.15) is 28.1 Å². The smallest absolute Gasteiger partial charge is 0.0959 e. The first kappa shape index (κ1) is 14.7. The van der Waals surface area contributed by atoms with Gasteiger partial charge in [0.25, 0.3) is 0 Å². The first-order valence-corrected chi connectivity index (χ1v) is 7.86. The Balaban J connectivity index is 2.07. The summed E-state index contributed by atoms with van der Waals surface area (Å²) in [6, 6.07) is 8.08. The first-order valence-electron chi connectivity index (χ1n) is 6.25. The number of thiazole rings is 1. The van der Waals surface area contributed by atoms with E-state index in [1.165, 1.54) is 4.88 Å². The normalized spacial score (nSPS) is 14.4. The van der Waals surface area contributed by atoms with Crippen LogP contribution in [0.4, 0.5) is 0 Å². The molecule has 19 heavy (non-hydrogen) atoms. The Morgan fingerprint density at radius 2 is 1.84 bits per heavy atom. The van der Waals surface area contributed by atoms with Gasteiger partial charge in [-0.1, -0.05) is 28.1 Å². The second-order valence-electron chi connectivity index (χ2n) is 5.23. The van der Waals surface area contributed by atoms with Crippen LogP contribution in [0.25, 0.3) is 0 Å². The van der Waals surface area contributed by atoms with Crippen molar-refractivity contribution in [1.82, 2.24) is 4.98 Å². The second kappa shape index (κ2) is 5.73. The summed E-state index contributed by atoms with van der Waals surface area (Å²) < 4.78 is 1.06. The quantitative estimate of drug-likeness (QED) is 0.911. The Bertz CT molecular complexity index is 541. The zero-order valence-electron chi connectivity index (χ0n) is 11.4. The van der Waals surface area contributed by atoms with E-state index in [2.05, 4.69) is 27.8 Å². The number of halogens is 1. The molecule has 2 aromatic rings. The molecule has 102 valence electrons.